The number of carbonyl (C=O) groups excluding carboxylic acids is 2. The highest BCUT2D eigenvalue weighted by molar-refractivity contribution is 8.17. The lowest BCUT2D eigenvalue weighted by Crippen LogP contribution is -2.02. The van der Waals surface area contributed by atoms with Crippen molar-refractivity contribution >= 4 is 40.4 Å². The van der Waals surface area contributed by atoms with E-state index in [0.717, 1.165) is 16.6 Å². The van der Waals surface area contributed by atoms with Crippen LogP contribution in [0, 0.1) is 0 Å². The van der Waals surface area contributed by atoms with Crippen LogP contribution in [0.3, 0.4) is 0 Å². The van der Waals surface area contributed by atoms with Gasteiger partial charge in [-0.15, -0.1) is 5.10 Å². The molecule has 0 saturated carbocycles. The van der Waals surface area contributed by atoms with Crippen LogP contribution in [0.15, 0.2) is 23.1 Å². The Balaban J connectivity index is 2.40. The van der Waals surface area contributed by atoms with Crippen LogP contribution in [0.2, 0.25) is 0 Å². The van der Waals surface area contributed by atoms with Gasteiger partial charge < -0.3 is 5.73 Å². The van der Waals surface area contributed by atoms with Gasteiger partial charge in [-0.3, -0.25) is 9.59 Å². The number of aromatic nitrogens is 3. The summed E-state index contributed by atoms with van der Waals surface area (Å²) in [6.07, 6.45) is 2.19. The summed E-state index contributed by atoms with van der Waals surface area (Å²) in [5, 5.41) is 7.22. The normalized spacial score (nSPS) is 11.7. The van der Waals surface area contributed by atoms with E-state index < -0.39 is 5.24 Å². The molecule has 7 heteroatoms. The fourth-order valence-electron chi connectivity index (χ4n) is 1.51. The van der Waals surface area contributed by atoms with Gasteiger partial charge in [-0.05, 0) is 35.5 Å². The second kappa shape index (κ2) is 5.01. The molecule has 0 unspecified atom stereocenters. The number of aldehydes is 1. The number of amides is 1. The molecule has 1 heterocycles. The predicted molar refractivity (Wildman–Crippen MR) is 69.7 cm³/mol. The largest absolute Gasteiger partial charge is 0.360 e. The van der Waals surface area contributed by atoms with Gasteiger partial charge in [0.15, 0.2) is 6.29 Å². The molecule has 0 bridgehead atoms. The van der Waals surface area contributed by atoms with Crippen molar-refractivity contribution in [1.29, 1.82) is 0 Å². The topological polar surface area (TPSA) is 90.9 Å². The Kier molecular flexibility index (Phi) is 3.42. The lowest BCUT2D eigenvalue weighted by Gasteiger charge is -1.98. The maximum atomic E-state index is 10.8. The van der Waals surface area contributed by atoms with E-state index in [9.17, 15) is 9.59 Å². The number of benzene rings is 1. The third-order valence-electron chi connectivity index (χ3n) is 2.28. The number of thioether (sulfide) groups is 1. The zero-order valence-corrected chi connectivity index (χ0v) is 10.3. The fraction of sp³-hybridized carbons (Fsp3) is 0.0909. The average molecular weight is 262 g/mol. The van der Waals surface area contributed by atoms with Gasteiger partial charge in [0.1, 0.15) is 5.52 Å². The molecule has 0 radical (unpaired) electrons. The van der Waals surface area contributed by atoms with E-state index in [1.54, 1.807) is 29.9 Å². The molecule has 0 aliphatic carbocycles. The number of primary amides is 1. The van der Waals surface area contributed by atoms with E-state index in [1.165, 1.54) is 0 Å². The molecule has 1 aromatic heterocycles. The Hall–Kier alpha value is -2.15. The predicted octanol–water partition coefficient (Wildman–Crippen LogP) is 1.32. The van der Waals surface area contributed by atoms with Crippen LogP contribution < -0.4 is 5.73 Å². The minimum absolute atomic E-state index is 0.261. The molecule has 1 aromatic carbocycles. The SMILES string of the molecule is Cn1nnc2ccc(/C=C(/C=O)SC(N)=O)cc21. The maximum Gasteiger partial charge on any atom is 0.281 e. The molecule has 0 saturated heterocycles. The first-order chi connectivity index (χ1) is 8.60. The van der Waals surface area contributed by atoms with Crippen LogP contribution in [0.5, 0.6) is 0 Å². The fourth-order valence-corrected chi connectivity index (χ4v) is 1.98. The highest BCUT2D eigenvalue weighted by Gasteiger charge is 2.05. The Labute approximate surface area is 107 Å². The summed E-state index contributed by atoms with van der Waals surface area (Å²) < 4.78 is 1.63. The lowest BCUT2D eigenvalue weighted by molar-refractivity contribution is -0.104. The molecule has 18 heavy (non-hydrogen) atoms. The molecule has 92 valence electrons. The van der Waals surface area contributed by atoms with E-state index in [-0.39, 0.29) is 4.91 Å². The number of fused-ring (bicyclic) bond motifs is 1. The molecule has 1 amide bonds. The van der Waals surface area contributed by atoms with Gasteiger partial charge >= 0.3 is 0 Å². The van der Waals surface area contributed by atoms with Crippen molar-refractivity contribution in [1.82, 2.24) is 15.0 Å². The number of rotatable bonds is 3. The Morgan fingerprint density at radius 1 is 1.50 bits per heavy atom. The number of nitrogens with zero attached hydrogens (tertiary/aromatic N) is 3. The number of hydrogen-bond donors (Lipinski definition) is 1. The standard InChI is InChI=1S/C11H10N4O2S/c1-15-10-5-7(2-3-9(10)13-14-15)4-8(6-16)18-11(12)17/h2-6H,1H3,(H2,12,17)/b8-4-. The zero-order chi connectivity index (χ0) is 13.1. The molecular formula is C11H10N4O2S. The van der Waals surface area contributed by atoms with Gasteiger partial charge in [-0.25, -0.2) is 4.68 Å². The summed E-state index contributed by atoms with van der Waals surface area (Å²) in [6.45, 7) is 0. The van der Waals surface area contributed by atoms with Crippen molar-refractivity contribution in [2.75, 3.05) is 0 Å². The van der Waals surface area contributed by atoms with Crippen molar-refractivity contribution in [2.45, 2.75) is 0 Å². The minimum Gasteiger partial charge on any atom is -0.360 e. The van der Waals surface area contributed by atoms with Crippen molar-refractivity contribution in [3.63, 3.8) is 0 Å². The third kappa shape index (κ3) is 2.57. The second-order valence-corrected chi connectivity index (χ2v) is 4.62. The van der Waals surface area contributed by atoms with Gasteiger partial charge in [0, 0.05) is 7.05 Å². The first kappa shape index (κ1) is 12.3. The minimum atomic E-state index is -0.614. The molecule has 6 nitrogen and oxygen atoms in total. The molecule has 2 rings (SSSR count). The second-order valence-electron chi connectivity index (χ2n) is 3.55. The Morgan fingerprint density at radius 2 is 2.28 bits per heavy atom. The van der Waals surface area contributed by atoms with Crippen LogP contribution in [-0.2, 0) is 11.8 Å². The molecular weight excluding hydrogens is 252 g/mol. The van der Waals surface area contributed by atoms with Gasteiger partial charge in [0.05, 0.1) is 10.4 Å². The first-order valence-corrected chi connectivity index (χ1v) is 5.85. The molecule has 2 aromatic rings. The summed E-state index contributed by atoms with van der Waals surface area (Å²) >= 11 is 0.700. The lowest BCUT2D eigenvalue weighted by atomic mass is 10.2. The summed E-state index contributed by atoms with van der Waals surface area (Å²) in [7, 11) is 1.78. The summed E-state index contributed by atoms with van der Waals surface area (Å²) in [5.41, 5.74) is 7.42. The molecule has 0 aliphatic heterocycles. The van der Waals surface area contributed by atoms with Crippen LogP contribution in [0.4, 0.5) is 4.79 Å². The van der Waals surface area contributed by atoms with E-state index in [0.29, 0.717) is 18.0 Å². The third-order valence-corrected chi connectivity index (χ3v) is 2.93. The van der Waals surface area contributed by atoms with Crippen LogP contribution >= 0.6 is 11.8 Å². The maximum absolute atomic E-state index is 10.8. The van der Waals surface area contributed by atoms with Crippen molar-refractivity contribution < 1.29 is 9.59 Å². The summed E-state index contributed by atoms with van der Waals surface area (Å²) in [5.74, 6) is 0. The Bertz CT molecular complexity index is 648. The molecule has 2 N–H and O–H groups in total. The Morgan fingerprint density at radius 3 is 2.94 bits per heavy atom. The number of hydrogen-bond acceptors (Lipinski definition) is 5. The van der Waals surface area contributed by atoms with E-state index in [4.69, 9.17) is 5.73 Å². The molecule has 0 atom stereocenters. The number of carbonyl (C=O) groups is 2. The highest BCUT2D eigenvalue weighted by Crippen LogP contribution is 2.19. The molecule has 0 spiro atoms. The van der Waals surface area contributed by atoms with Gasteiger partial charge in [0.25, 0.3) is 5.24 Å². The van der Waals surface area contributed by atoms with Crippen molar-refractivity contribution in [3.8, 4) is 0 Å². The van der Waals surface area contributed by atoms with Crippen LogP contribution in [-0.4, -0.2) is 26.5 Å². The number of aryl methyl sites for hydroxylation is 1. The highest BCUT2D eigenvalue weighted by atomic mass is 32.2. The average Bonchev–Trinajstić information content (AvgIpc) is 2.70. The van der Waals surface area contributed by atoms with E-state index >= 15 is 0 Å². The van der Waals surface area contributed by atoms with Gasteiger partial charge in [-0.1, -0.05) is 11.3 Å². The van der Waals surface area contributed by atoms with Crippen molar-refractivity contribution in [3.05, 3.63) is 28.7 Å². The smallest absolute Gasteiger partial charge is 0.281 e. The summed E-state index contributed by atoms with van der Waals surface area (Å²) in [6, 6.07) is 5.42. The molecule has 0 aliphatic rings. The monoisotopic (exact) mass is 262 g/mol. The van der Waals surface area contributed by atoms with E-state index in [1.807, 2.05) is 6.07 Å². The van der Waals surface area contributed by atoms with Gasteiger partial charge in [-0.2, -0.15) is 0 Å². The zero-order valence-electron chi connectivity index (χ0n) is 9.53. The van der Waals surface area contributed by atoms with Crippen LogP contribution in [0.25, 0.3) is 17.1 Å². The molecule has 0 fully saturated rings. The quantitative estimate of drug-likeness (QED) is 0.665. The van der Waals surface area contributed by atoms with E-state index in [2.05, 4.69) is 10.3 Å². The summed E-state index contributed by atoms with van der Waals surface area (Å²) in [4.78, 5) is 21.8. The van der Waals surface area contributed by atoms with Crippen LogP contribution in [0.1, 0.15) is 5.56 Å². The number of nitrogens with two attached hydrogens (primary N) is 1. The number of allylic oxidation sites excluding steroid dienone is 1. The first-order valence-electron chi connectivity index (χ1n) is 5.04. The van der Waals surface area contributed by atoms with Crippen molar-refractivity contribution in [2.24, 2.45) is 12.8 Å². The van der Waals surface area contributed by atoms with Gasteiger partial charge in [0.2, 0.25) is 0 Å².